The Labute approximate surface area is 179 Å². The molecule has 31 heavy (non-hydrogen) atoms. The molecule has 1 heterocycles. The standard InChI is InChI=1S/C22H27F3N4O2/c1-14(30)8-16-12-29(20(31)17(9-26)10-27)13-21(2,3)19(16)28-11-15-4-6-18(7-5-15)22(23,24)25/h4-7,9-10,26,28H,8,11-13,27H2,1-3H3/b17-10+,26-9?. The van der Waals surface area contributed by atoms with Gasteiger partial charge in [-0.15, -0.1) is 0 Å². The van der Waals surface area contributed by atoms with Crippen LogP contribution in [0.2, 0.25) is 0 Å². The van der Waals surface area contributed by atoms with Crippen molar-refractivity contribution in [3.05, 3.63) is 58.4 Å². The molecule has 6 nitrogen and oxygen atoms in total. The van der Waals surface area contributed by atoms with E-state index in [-0.39, 0.29) is 30.9 Å². The van der Waals surface area contributed by atoms with Crippen LogP contribution in [0.15, 0.2) is 47.3 Å². The third kappa shape index (κ3) is 5.96. The number of halogens is 3. The molecule has 168 valence electrons. The van der Waals surface area contributed by atoms with Gasteiger partial charge in [-0.25, -0.2) is 0 Å². The van der Waals surface area contributed by atoms with Crippen LogP contribution in [0.1, 0.15) is 38.3 Å². The molecule has 9 heteroatoms. The predicted octanol–water partition coefficient (Wildman–Crippen LogP) is 3.39. The Kier molecular flexibility index (Phi) is 7.30. The number of rotatable bonds is 7. The number of benzene rings is 1. The van der Waals surface area contributed by atoms with Gasteiger partial charge in [-0.1, -0.05) is 26.0 Å². The summed E-state index contributed by atoms with van der Waals surface area (Å²) in [6, 6.07) is 4.89. The first kappa shape index (κ1) is 24.2. The molecule has 0 spiro atoms. The molecule has 1 aliphatic heterocycles. The normalized spacial score (nSPS) is 16.8. The van der Waals surface area contributed by atoms with Gasteiger partial charge in [-0.2, -0.15) is 13.2 Å². The Morgan fingerprint density at radius 1 is 1.26 bits per heavy atom. The average Bonchev–Trinajstić information content (AvgIpc) is 2.66. The molecule has 0 unspecified atom stereocenters. The van der Waals surface area contributed by atoms with Crippen molar-refractivity contribution < 1.29 is 22.8 Å². The van der Waals surface area contributed by atoms with Crippen LogP contribution >= 0.6 is 0 Å². The zero-order chi connectivity index (χ0) is 23.4. The number of hydrogen-bond acceptors (Lipinski definition) is 5. The first-order valence-corrected chi connectivity index (χ1v) is 9.72. The Balaban J connectivity index is 2.30. The molecule has 0 fully saturated rings. The van der Waals surface area contributed by atoms with Crippen LogP contribution in [-0.2, 0) is 22.3 Å². The van der Waals surface area contributed by atoms with Crippen molar-refractivity contribution in [2.45, 2.75) is 39.9 Å². The van der Waals surface area contributed by atoms with E-state index in [1.807, 2.05) is 13.8 Å². The summed E-state index contributed by atoms with van der Waals surface area (Å²) < 4.78 is 38.3. The molecule has 4 N–H and O–H groups in total. The molecule has 0 radical (unpaired) electrons. The number of hydrogen-bond donors (Lipinski definition) is 3. The zero-order valence-electron chi connectivity index (χ0n) is 17.8. The summed E-state index contributed by atoms with van der Waals surface area (Å²) in [7, 11) is 0. The number of nitrogens with zero attached hydrogens (tertiary/aromatic N) is 1. The molecule has 0 saturated heterocycles. The second kappa shape index (κ2) is 9.36. The minimum Gasteiger partial charge on any atom is -0.404 e. The molecule has 0 saturated carbocycles. The first-order chi connectivity index (χ1) is 14.4. The summed E-state index contributed by atoms with van der Waals surface area (Å²) in [6.07, 6.45) is -2.29. The maximum Gasteiger partial charge on any atom is 0.416 e. The average molecular weight is 436 g/mol. The van der Waals surface area contributed by atoms with Gasteiger partial charge in [0.2, 0.25) is 0 Å². The fourth-order valence-corrected chi connectivity index (χ4v) is 3.72. The number of alkyl halides is 3. The van der Waals surface area contributed by atoms with Gasteiger partial charge in [-0.3, -0.25) is 9.59 Å². The van der Waals surface area contributed by atoms with Crippen LogP contribution in [-0.4, -0.2) is 35.9 Å². The number of amides is 1. The van der Waals surface area contributed by atoms with Crippen LogP contribution < -0.4 is 11.1 Å². The molecule has 0 bridgehead atoms. The second-order valence-electron chi connectivity index (χ2n) is 8.22. The van der Waals surface area contributed by atoms with Gasteiger partial charge in [0.15, 0.2) is 0 Å². The van der Waals surface area contributed by atoms with Gasteiger partial charge in [0.05, 0.1) is 11.1 Å². The Morgan fingerprint density at radius 2 is 1.87 bits per heavy atom. The number of nitrogens with two attached hydrogens (primary N) is 1. The van der Waals surface area contributed by atoms with Gasteiger partial charge < -0.3 is 21.4 Å². The van der Waals surface area contributed by atoms with E-state index in [1.165, 1.54) is 19.1 Å². The van der Waals surface area contributed by atoms with E-state index >= 15 is 0 Å². The van der Waals surface area contributed by atoms with Gasteiger partial charge >= 0.3 is 6.18 Å². The number of carbonyl (C=O) groups is 2. The molecule has 0 aromatic heterocycles. The minimum atomic E-state index is -4.39. The lowest BCUT2D eigenvalue weighted by atomic mass is 9.81. The summed E-state index contributed by atoms with van der Waals surface area (Å²) in [4.78, 5) is 26.1. The predicted molar refractivity (Wildman–Crippen MR) is 112 cm³/mol. The SMILES string of the molecule is CC(=O)CC1=C(NCc2ccc(C(F)(F)F)cc2)C(C)(C)CN(C(=O)/C(C=N)=C/N)C1. The first-order valence-electron chi connectivity index (χ1n) is 9.72. The summed E-state index contributed by atoms with van der Waals surface area (Å²) in [5, 5.41) is 10.6. The third-order valence-electron chi connectivity index (χ3n) is 5.08. The van der Waals surface area contributed by atoms with Crippen LogP contribution in [0.5, 0.6) is 0 Å². The van der Waals surface area contributed by atoms with Crippen molar-refractivity contribution in [2.75, 3.05) is 13.1 Å². The van der Waals surface area contributed by atoms with Crippen LogP contribution in [0.3, 0.4) is 0 Å². The zero-order valence-corrected chi connectivity index (χ0v) is 17.8. The topological polar surface area (TPSA) is 99.3 Å². The molecular weight excluding hydrogens is 409 g/mol. The van der Waals surface area contributed by atoms with Gasteiger partial charge in [0, 0.05) is 49.6 Å². The fourth-order valence-electron chi connectivity index (χ4n) is 3.72. The van der Waals surface area contributed by atoms with Crippen molar-refractivity contribution in [2.24, 2.45) is 11.1 Å². The molecule has 0 atom stereocenters. The number of ketones is 1. The van der Waals surface area contributed by atoms with E-state index in [4.69, 9.17) is 11.1 Å². The Hall–Kier alpha value is -3.10. The molecule has 1 aliphatic rings. The van der Waals surface area contributed by atoms with Crippen molar-refractivity contribution in [1.82, 2.24) is 10.2 Å². The number of nitrogens with one attached hydrogen (secondary N) is 2. The lowest BCUT2D eigenvalue weighted by molar-refractivity contribution is -0.137. The van der Waals surface area contributed by atoms with Crippen molar-refractivity contribution in [1.29, 1.82) is 5.41 Å². The molecule has 1 aromatic rings. The van der Waals surface area contributed by atoms with Crippen LogP contribution in [0.4, 0.5) is 13.2 Å². The smallest absolute Gasteiger partial charge is 0.404 e. The lowest BCUT2D eigenvalue weighted by Gasteiger charge is -2.42. The van der Waals surface area contributed by atoms with Crippen LogP contribution in [0.25, 0.3) is 0 Å². The van der Waals surface area contributed by atoms with Gasteiger partial charge in [0.1, 0.15) is 5.78 Å². The highest BCUT2D eigenvalue weighted by molar-refractivity contribution is 6.11. The highest BCUT2D eigenvalue weighted by atomic mass is 19.4. The largest absolute Gasteiger partial charge is 0.416 e. The van der Waals surface area contributed by atoms with E-state index in [1.54, 1.807) is 4.90 Å². The highest BCUT2D eigenvalue weighted by Crippen LogP contribution is 2.35. The highest BCUT2D eigenvalue weighted by Gasteiger charge is 2.37. The van der Waals surface area contributed by atoms with E-state index in [2.05, 4.69) is 5.32 Å². The van der Waals surface area contributed by atoms with Crippen molar-refractivity contribution in [3.8, 4) is 0 Å². The van der Waals surface area contributed by atoms with E-state index < -0.39 is 23.1 Å². The van der Waals surface area contributed by atoms with Crippen molar-refractivity contribution in [3.63, 3.8) is 0 Å². The molecule has 1 amide bonds. The molecule has 0 aliphatic carbocycles. The summed E-state index contributed by atoms with van der Waals surface area (Å²) in [6.45, 7) is 6.09. The minimum absolute atomic E-state index is 0.0548. The van der Waals surface area contributed by atoms with Gasteiger partial charge in [0.25, 0.3) is 5.91 Å². The van der Waals surface area contributed by atoms with E-state index in [0.29, 0.717) is 12.1 Å². The fraction of sp³-hybridized carbons (Fsp3) is 0.409. The maximum absolute atomic E-state index is 12.8. The maximum atomic E-state index is 12.8. The second-order valence-corrected chi connectivity index (χ2v) is 8.22. The van der Waals surface area contributed by atoms with Crippen LogP contribution in [0, 0.1) is 10.8 Å². The molecular formula is C22H27F3N4O2. The third-order valence-corrected chi connectivity index (χ3v) is 5.08. The summed E-state index contributed by atoms with van der Waals surface area (Å²) >= 11 is 0. The van der Waals surface area contributed by atoms with E-state index in [9.17, 15) is 22.8 Å². The van der Waals surface area contributed by atoms with Gasteiger partial charge in [-0.05, 0) is 30.2 Å². The Morgan fingerprint density at radius 3 is 2.35 bits per heavy atom. The quantitative estimate of drug-likeness (QED) is 0.451. The monoisotopic (exact) mass is 436 g/mol. The Bertz CT molecular complexity index is 916. The van der Waals surface area contributed by atoms with Crippen molar-refractivity contribution >= 4 is 17.9 Å². The lowest BCUT2D eigenvalue weighted by Crippen LogP contribution is -2.49. The number of carbonyl (C=O) groups excluding carboxylic acids is 2. The molecule has 1 aromatic carbocycles. The number of Topliss-reactive ketones (excluding diaryl/α,β-unsaturated/α-hetero) is 1. The molecule has 2 rings (SSSR count). The van der Waals surface area contributed by atoms with E-state index in [0.717, 1.165) is 35.8 Å². The summed E-state index contributed by atoms with van der Waals surface area (Å²) in [5.41, 5.74) is 6.41. The summed E-state index contributed by atoms with van der Waals surface area (Å²) in [5.74, 6) is -0.469.